The zero-order valence-electron chi connectivity index (χ0n) is 18.7. The maximum Gasteiger partial charge on any atom is 0.416 e. The summed E-state index contributed by atoms with van der Waals surface area (Å²) in [6.45, 7) is 5.49. The van der Waals surface area contributed by atoms with Gasteiger partial charge in [0.05, 0.1) is 30.0 Å². The average molecular weight is 490 g/mol. The van der Waals surface area contributed by atoms with E-state index in [0.29, 0.717) is 16.3 Å². The van der Waals surface area contributed by atoms with E-state index in [1.807, 2.05) is 18.2 Å². The summed E-state index contributed by atoms with van der Waals surface area (Å²) in [5.41, 5.74) is 2.46. The fraction of sp³-hybridized carbons (Fsp3) is 0.346. The molecule has 0 saturated carbocycles. The number of morpholine rings is 1. The first-order valence-corrected chi connectivity index (χ1v) is 11.8. The third-order valence-electron chi connectivity index (χ3n) is 5.80. The summed E-state index contributed by atoms with van der Waals surface area (Å²) >= 11 is 6.22. The Balaban J connectivity index is 1.44. The van der Waals surface area contributed by atoms with E-state index >= 15 is 0 Å². The van der Waals surface area contributed by atoms with E-state index in [1.54, 1.807) is 18.2 Å². The molecule has 8 heteroatoms. The molecule has 3 aromatic rings. The van der Waals surface area contributed by atoms with Gasteiger partial charge in [0, 0.05) is 35.7 Å². The van der Waals surface area contributed by atoms with Crippen molar-refractivity contribution in [1.29, 1.82) is 0 Å². The molecule has 180 valence electrons. The first-order chi connectivity index (χ1) is 16.4. The summed E-state index contributed by atoms with van der Waals surface area (Å²) in [7, 11) is 0. The quantitative estimate of drug-likeness (QED) is 0.362. The number of alkyl halides is 3. The van der Waals surface area contributed by atoms with E-state index in [-0.39, 0.29) is 0 Å². The van der Waals surface area contributed by atoms with Crippen molar-refractivity contribution < 1.29 is 17.9 Å². The molecule has 0 aliphatic carbocycles. The summed E-state index contributed by atoms with van der Waals surface area (Å²) in [5, 5.41) is 5.09. The monoisotopic (exact) mass is 489 g/mol. The second-order valence-electron chi connectivity index (χ2n) is 8.30. The standard InChI is InChI=1S/C26H27ClF3N3O/c27-21-8-10-24-23(17-21)25(31-11-1-2-12-33-13-15-34-16-14-33)18-22(32-24)9-5-19-3-6-20(7-4-19)26(28,29)30/h3-10,17-18H,1-2,11-16H2,(H,31,32)/b9-5+. The summed E-state index contributed by atoms with van der Waals surface area (Å²) < 4.78 is 43.7. The number of hydrogen-bond donors (Lipinski definition) is 1. The Morgan fingerprint density at radius 3 is 2.50 bits per heavy atom. The lowest BCUT2D eigenvalue weighted by Crippen LogP contribution is -2.36. The van der Waals surface area contributed by atoms with Gasteiger partial charge in [-0.3, -0.25) is 4.90 Å². The maximum absolute atomic E-state index is 12.8. The smallest absolute Gasteiger partial charge is 0.384 e. The molecule has 1 fully saturated rings. The van der Waals surface area contributed by atoms with Crippen LogP contribution in [-0.4, -0.2) is 49.3 Å². The highest BCUT2D eigenvalue weighted by Crippen LogP contribution is 2.30. The highest BCUT2D eigenvalue weighted by atomic mass is 35.5. The molecule has 0 spiro atoms. The molecule has 1 aliphatic heterocycles. The lowest BCUT2D eigenvalue weighted by atomic mass is 10.1. The highest BCUT2D eigenvalue weighted by molar-refractivity contribution is 6.31. The van der Waals surface area contributed by atoms with Gasteiger partial charge >= 0.3 is 6.18 Å². The number of unbranched alkanes of at least 4 members (excludes halogenated alkanes) is 1. The summed E-state index contributed by atoms with van der Waals surface area (Å²) in [4.78, 5) is 7.10. The van der Waals surface area contributed by atoms with Crippen molar-refractivity contribution >= 4 is 40.3 Å². The van der Waals surface area contributed by atoms with Crippen LogP contribution in [0.15, 0.2) is 48.5 Å². The third kappa shape index (κ3) is 6.72. The number of halogens is 4. The van der Waals surface area contributed by atoms with Crippen LogP contribution < -0.4 is 5.32 Å². The zero-order valence-corrected chi connectivity index (χ0v) is 19.5. The molecular formula is C26H27ClF3N3O. The number of aromatic nitrogens is 1. The Kier molecular flexibility index (Phi) is 8.08. The lowest BCUT2D eigenvalue weighted by molar-refractivity contribution is -0.137. The van der Waals surface area contributed by atoms with E-state index in [9.17, 15) is 13.2 Å². The van der Waals surface area contributed by atoms with Crippen LogP contribution in [0, 0.1) is 0 Å². The molecule has 1 aromatic heterocycles. The second kappa shape index (κ2) is 11.2. The fourth-order valence-electron chi connectivity index (χ4n) is 3.92. The van der Waals surface area contributed by atoms with Crippen LogP contribution in [0.3, 0.4) is 0 Å². The van der Waals surface area contributed by atoms with Crippen LogP contribution in [0.4, 0.5) is 18.9 Å². The maximum atomic E-state index is 12.8. The lowest BCUT2D eigenvalue weighted by Gasteiger charge is -2.26. The van der Waals surface area contributed by atoms with E-state index < -0.39 is 11.7 Å². The summed E-state index contributed by atoms with van der Waals surface area (Å²) in [6.07, 6.45) is 1.35. The number of nitrogens with zero attached hydrogens (tertiary/aromatic N) is 2. The van der Waals surface area contributed by atoms with Crippen molar-refractivity contribution in [1.82, 2.24) is 9.88 Å². The van der Waals surface area contributed by atoms with Crippen LogP contribution >= 0.6 is 11.6 Å². The number of pyridine rings is 1. The van der Waals surface area contributed by atoms with Gasteiger partial charge in [-0.15, -0.1) is 0 Å². The van der Waals surface area contributed by atoms with Crippen molar-refractivity contribution in [2.45, 2.75) is 19.0 Å². The average Bonchev–Trinajstić information content (AvgIpc) is 2.83. The number of anilines is 1. The van der Waals surface area contributed by atoms with Crippen LogP contribution in [0.5, 0.6) is 0 Å². The molecule has 0 amide bonds. The van der Waals surface area contributed by atoms with Crippen molar-refractivity contribution in [3.63, 3.8) is 0 Å². The number of rotatable bonds is 8. The third-order valence-corrected chi connectivity index (χ3v) is 6.03. The first kappa shape index (κ1) is 24.5. The molecule has 2 aromatic carbocycles. The Hall–Kier alpha value is -2.61. The van der Waals surface area contributed by atoms with E-state index in [0.717, 1.165) is 81.0 Å². The molecule has 0 unspecified atom stereocenters. The molecule has 2 heterocycles. The molecule has 4 nitrogen and oxygen atoms in total. The Bertz CT molecular complexity index is 1130. The molecule has 1 N–H and O–H groups in total. The molecule has 4 rings (SSSR count). The minimum absolute atomic E-state index is 0.637. The predicted octanol–water partition coefficient (Wildman–Crippen LogP) is 6.60. The Morgan fingerprint density at radius 1 is 1.00 bits per heavy atom. The fourth-order valence-corrected chi connectivity index (χ4v) is 4.10. The molecule has 1 aliphatic rings. The van der Waals surface area contributed by atoms with Gasteiger partial charge in [0.2, 0.25) is 0 Å². The van der Waals surface area contributed by atoms with Gasteiger partial charge in [-0.2, -0.15) is 13.2 Å². The minimum atomic E-state index is -4.34. The highest BCUT2D eigenvalue weighted by Gasteiger charge is 2.29. The number of ether oxygens (including phenoxy) is 1. The van der Waals surface area contributed by atoms with Gasteiger partial charge < -0.3 is 10.1 Å². The summed E-state index contributed by atoms with van der Waals surface area (Å²) in [5.74, 6) is 0. The first-order valence-electron chi connectivity index (χ1n) is 11.4. The van der Waals surface area contributed by atoms with Crippen LogP contribution in [0.1, 0.15) is 29.7 Å². The van der Waals surface area contributed by atoms with Gasteiger partial charge in [-0.25, -0.2) is 4.98 Å². The Morgan fingerprint density at radius 2 is 1.76 bits per heavy atom. The molecule has 0 atom stereocenters. The van der Waals surface area contributed by atoms with Crippen molar-refractivity contribution in [3.05, 3.63) is 70.4 Å². The number of fused-ring (bicyclic) bond motifs is 1. The predicted molar refractivity (Wildman–Crippen MR) is 132 cm³/mol. The molecule has 0 bridgehead atoms. The summed E-state index contributed by atoms with van der Waals surface area (Å²) in [6, 6.07) is 12.6. The van der Waals surface area contributed by atoms with Gasteiger partial charge in [-0.1, -0.05) is 29.8 Å². The molecule has 34 heavy (non-hydrogen) atoms. The zero-order chi connectivity index (χ0) is 24.0. The second-order valence-corrected chi connectivity index (χ2v) is 8.73. The minimum Gasteiger partial charge on any atom is -0.384 e. The van der Waals surface area contributed by atoms with Gasteiger partial charge in [-0.05, 0) is 67.4 Å². The largest absolute Gasteiger partial charge is 0.416 e. The normalized spacial score (nSPS) is 15.3. The number of hydrogen-bond acceptors (Lipinski definition) is 4. The van der Waals surface area contributed by atoms with Crippen molar-refractivity contribution in [2.24, 2.45) is 0 Å². The van der Waals surface area contributed by atoms with Crippen LogP contribution in [0.2, 0.25) is 5.02 Å². The van der Waals surface area contributed by atoms with Crippen molar-refractivity contribution in [2.75, 3.05) is 44.7 Å². The molecular weight excluding hydrogens is 463 g/mol. The van der Waals surface area contributed by atoms with E-state index in [1.165, 1.54) is 12.1 Å². The Labute approximate surface area is 202 Å². The topological polar surface area (TPSA) is 37.4 Å². The number of nitrogens with one attached hydrogen (secondary N) is 1. The van der Waals surface area contributed by atoms with Gasteiger partial charge in [0.1, 0.15) is 0 Å². The van der Waals surface area contributed by atoms with Crippen LogP contribution in [0.25, 0.3) is 23.1 Å². The van der Waals surface area contributed by atoms with E-state index in [4.69, 9.17) is 16.3 Å². The van der Waals surface area contributed by atoms with Gasteiger partial charge in [0.25, 0.3) is 0 Å². The SMILES string of the molecule is FC(F)(F)c1ccc(/C=C/c2cc(NCCCCN3CCOCC3)c3cc(Cl)ccc3n2)cc1. The van der Waals surface area contributed by atoms with Crippen molar-refractivity contribution in [3.8, 4) is 0 Å². The van der Waals surface area contributed by atoms with Crippen LogP contribution in [-0.2, 0) is 10.9 Å². The molecule has 1 saturated heterocycles. The van der Waals surface area contributed by atoms with Gasteiger partial charge in [0.15, 0.2) is 0 Å². The molecule has 0 radical (unpaired) electrons. The number of benzene rings is 2. The van der Waals surface area contributed by atoms with E-state index in [2.05, 4.69) is 15.2 Å².